The maximum absolute atomic E-state index is 2.45. The summed E-state index contributed by atoms with van der Waals surface area (Å²) in [4.78, 5) is 0. The first-order valence-electron chi connectivity index (χ1n) is 52.7. The molecule has 0 saturated heterocycles. The van der Waals surface area contributed by atoms with Crippen molar-refractivity contribution >= 4 is 38.1 Å². The van der Waals surface area contributed by atoms with Gasteiger partial charge >= 0.3 is 0 Å². The van der Waals surface area contributed by atoms with Gasteiger partial charge in [-0.1, -0.05) is 540 Å². The molecule has 0 aliphatic heterocycles. The second-order valence-electron chi connectivity index (χ2n) is 41.1. The third kappa shape index (κ3) is 12.8. The van der Waals surface area contributed by atoms with E-state index < -0.39 is 0 Å². The molecule has 4 spiro atoms. The maximum atomic E-state index is 2.45. The highest BCUT2D eigenvalue weighted by Crippen LogP contribution is 2.69. The van der Waals surface area contributed by atoms with Crippen molar-refractivity contribution in [2.24, 2.45) is 0 Å². The predicted octanol–water partition coefficient (Wildman–Crippen LogP) is 37.9. The van der Waals surface area contributed by atoms with Gasteiger partial charge < -0.3 is 4.40 Å². The summed E-state index contributed by atoms with van der Waals surface area (Å²) in [5.41, 5.74) is 62.4. The number of hydrogen-bond donors (Lipinski definition) is 0. The van der Waals surface area contributed by atoms with Gasteiger partial charge in [0.15, 0.2) is 0 Å². The summed E-state index contributed by atoms with van der Waals surface area (Å²) < 4.78 is 2.40. The number of para-hydroxylation sites is 3. The van der Waals surface area contributed by atoms with E-state index in [-0.39, 0.29) is 21.7 Å². The fourth-order valence-electron chi connectivity index (χ4n) is 28.0. The highest BCUT2D eigenvalue weighted by atomic mass is 14.9. The van der Waals surface area contributed by atoms with E-state index >= 15 is 0 Å². The number of nitrogens with zero attached hydrogens (tertiary/aromatic N) is 1. The molecule has 0 radical (unpaired) electrons. The zero-order valence-electron chi connectivity index (χ0n) is 84.2. The van der Waals surface area contributed by atoms with E-state index in [4.69, 9.17) is 0 Å². The summed E-state index contributed by atoms with van der Waals surface area (Å²) in [7, 11) is 0. The van der Waals surface area contributed by atoms with Crippen molar-refractivity contribution in [3.63, 3.8) is 0 Å². The fourth-order valence-corrected chi connectivity index (χ4v) is 28.0. The third-order valence-electron chi connectivity index (χ3n) is 33.5. The molecular weight excluding hydrogens is 1790 g/mol. The maximum Gasteiger partial charge on any atom is 0.0731 e. The number of aromatic nitrogens is 1. The number of aryl methyl sites for hydroxylation is 4. The van der Waals surface area contributed by atoms with Gasteiger partial charge in [0.25, 0.3) is 0 Å². The van der Waals surface area contributed by atoms with Crippen molar-refractivity contribution in [1.82, 2.24) is 4.40 Å². The molecule has 23 aromatic carbocycles. The van der Waals surface area contributed by atoms with Crippen LogP contribution in [0, 0.1) is 27.7 Å². The summed E-state index contributed by atoms with van der Waals surface area (Å²) in [6.45, 7) is 12.7. The van der Waals surface area contributed by atoms with Gasteiger partial charge in [-0.15, -0.1) is 0 Å². The van der Waals surface area contributed by atoms with Gasteiger partial charge in [0, 0.05) is 21.5 Å². The molecule has 0 atom stereocenters. The highest BCUT2D eigenvalue weighted by Gasteiger charge is 2.57. The van der Waals surface area contributed by atoms with Crippen LogP contribution in [-0.2, 0) is 21.7 Å². The summed E-state index contributed by atoms with van der Waals surface area (Å²) >= 11 is 0. The molecule has 0 bridgehead atoms. The lowest BCUT2D eigenvalue weighted by Crippen LogP contribution is -2.26. The highest BCUT2D eigenvalue weighted by molar-refractivity contribution is 6.23. The van der Waals surface area contributed by atoms with Gasteiger partial charge in [-0.2, -0.15) is 0 Å². The van der Waals surface area contributed by atoms with Gasteiger partial charge in [-0.25, -0.2) is 0 Å². The molecule has 0 N–H and O–H groups in total. The number of hydrogen-bond acceptors (Lipinski definition) is 0. The zero-order chi connectivity index (χ0) is 99.5. The van der Waals surface area contributed by atoms with Crippen LogP contribution in [0.2, 0.25) is 0 Å². The molecule has 702 valence electrons. The Morgan fingerprint density at radius 3 is 0.779 bits per heavy atom. The smallest absolute Gasteiger partial charge is 0.0731 e. The van der Waals surface area contributed by atoms with Crippen molar-refractivity contribution < 1.29 is 0 Å². The molecule has 25 aromatic rings. The molecule has 1 heteroatoms. The standard InChI is InChI=1S/4C32H22.C18H11N.C2H6/c1-21-10-8-11-22(20-21)23-15-9-16-27-26-14-4-7-19-30(26)32(31(23)27)28-17-5-2-12-24(28)25-13-3-6-18-29(25)32;1-21-10-8-11-22(20-21)23-15-9-19-30-31(23)26-14-4-7-18-29(26)32(30)27-16-5-2-12-24(27)25-13-3-6-17-28(25)32;1-21-9-8-10-22(19-21)23-17-18-31-27(20-23)26-13-4-7-16-30(26)32(31)28-14-5-2-11-24(28)25-12-3-6-15-29(25)32;1-21-9-8-10-22(19-21)23-17-18-27-26-13-4-7-16-30(26)32(31(27)20-23)28-14-5-2-11-24(28)25-12-3-6-15-29(25)32;1-3-10-16-12(6-1)14-8-5-9-15-13-7-2-4-11-17(13)19(16)18(14)15;1-2/h4*2-20H,1H3;1-11H;1-2H3. The Morgan fingerprint density at radius 1 is 0.141 bits per heavy atom. The lowest BCUT2D eigenvalue weighted by atomic mass is 9.68. The Hall–Kier alpha value is -18.1. The molecule has 2 heterocycles. The predicted molar refractivity (Wildman–Crippen MR) is 624 cm³/mol. The van der Waals surface area contributed by atoms with Crippen LogP contribution < -0.4 is 0 Å². The Balaban J connectivity index is 0.0000000900. The largest absolute Gasteiger partial charge is 0.308 e. The Kier molecular flexibility index (Phi) is 20.7. The van der Waals surface area contributed by atoms with Crippen LogP contribution >= 0.6 is 0 Å². The summed E-state index contributed by atoms with van der Waals surface area (Å²) in [5.74, 6) is 0. The SMILES string of the molecule is CC.Cc1cccc(-c2ccc3c(c2)-c2ccccc2C32c3ccccc3-c3ccccc32)c1.Cc1cccc(-c2ccc3c(c2)C2(c4ccccc4-c4ccccc42)c2ccccc2-3)c1.Cc1cccc(-c2cccc3c2-c2ccccc2C32c3ccccc3-c3ccccc32)c1.Cc1cccc(-c2cccc3c2C2(c4ccccc4-c4ccccc42)c2ccccc2-3)c1.c1ccc2c(c1)c1cccc3c4ccccc4n2c13. The second-order valence-corrected chi connectivity index (χ2v) is 41.1. The third-order valence-corrected chi connectivity index (χ3v) is 33.5. The Labute approximate surface area is 871 Å². The van der Waals surface area contributed by atoms with Crippen LogP contribution in [0.1, 0.15) is 125 Å². The molecule has 8 aliphatic carbocycles. The number of benzene rings is 23. The van der Waals surface area contributed by atoms with Gasteiger partial charge in [-0.3, -0.25) is 0 Å². The minimum absolute atomic E-state index is 0.246. The lowest BCUT2D eigenvalue weighted by Gasteiger charge is -2.32. The topological polar surface area (TPSA) is 4.41 Å². The minimum Gasteiger partial charge on any atom is -0.308 e. The van der Waals surface area contributed by atoms with Crippen molar-refractivity contribution in [3.05, 3.63) is 639 Å². The Morgan fingerprint density at radius 2 is 0.376 bits per heavy atom. The van der Waals surface area contributed by atoms with E-state index in [9.17, 15) is 0 Å². The van der Waals surface area contributed by atoms with Crippen LogP contribution in [0.15, 0.2) is 528 Å². The van der Waals surface area contributed by atoms with E-state index in [1.165, 1.54) is 283 Å². The van der Waals surface area contributed by atoms with Gasteiger partial charge in [0.2, 0.25) is 0 Å². The quantitative estimate of drug-likeness (QED) is 0.165. The average molecular weight is 1900 g/mol. The zero-order valence-corrected chi connectivity index (χ0v) is 84.2. The van der Waals surface area contributed by atoms with E-state index in [0.29, 0.717) is 0 Å². The molecule has 2 aromatic heterocycles. The van der Waals surface area contributed by atoms with Crippen molar-refractivity contribution in [2.45, 2.75) is 63.2 Å². The molecular formula is C148H105N. The minimum atomic E-state index is -0.292. The normalized spacial score (nSPS) is 13.7. The van der Waals surface area contributed by atoms with Crippen molar-refractivity contribution in [1.29, 1.82) is 0 Å². The van der Waals surface area contributed by atoms with Crippen LogP contribution in [0.3, 0.4) is 0 Å². The van der Waals surface area contributed by atoms with E-state index in [1.807, 2.05) is 13.8 Å². The van der Waals surface area contributed by atoms with Crippen LogP contribution in [0.5, 0.6) is 0 Å². The first-order chi connectivity index (χ1) is 73.6. The molecule has 0 fully saturated rings. The molecule has 0 amide bonds. The summed E-state index contributed by atoms with van der Waals surface area (Å²) in [6, 6.07) is 195. The molecule has 8 aliphatic rings. The second kappa shape index (κ2) is 34.8. The Bertz CT molecular complexity index is 9380. The fraction of sp³-hybridized carbons (Fsp3) is 0.0676. The van der Waals surface area contributed by atoms with E-state index in [0.717, 1.165) is 0 Å². The van der Waals surface area contributed by atoms with Crippen LogP contribution in [0.4, 0.5) is 0 Å². The van der Waals surface area contributed by atoms with Gasteiger partial charge in [-0.05, 0) is 274 Å². The molecule has 149 heavy (non-hydrogen) atoms. The van der Waals surface area contributed by atoms with Gasteiger partial charge in [0.1, 0.15) is 0 Å². The number of rotatable bonds is 4. The van der Waals surface area contributed by atoms with Crippen LogP contribution in [-0.4, -0.2) is 4.40 Å². The number of fused-ring (bicyclic) bond motifs is 46. The molecule has 33 rings (SSSR count). The summed E-state index contributed by atoms with van der Waals surface area (Å²) in [6.07, 6.45) is 0. The van der Waals surface area contributed by atoms with Crippen molar-refractivity contribution in [2.75, 3.05) is 0 Å². The molecule has 0 saturated carbocycles. The average Bonchev–Trinajstić information content (AvgIpc) is 1.51. The first-order valence-corrected chi connectivity index (χ1v) is 52.7. The monoisotopic (exact) mass is 1900 g/mol. The van der Waals surface area contributed by atoms with Crippen molar-refractivity contribution in [3.8, 4) is 134 Å². The van der Waals surface area contributed by atoms with Gasteiger partial charge in [0.05, 0.1) is 38.2 Å². The molecule has 1 nitrogen and oxygen atoms in total. The first kappa shape index (κ1) is 88.6. The van der Waals surface area contributed by atoms with E-state index in [2.05, 4.69) is 560 Å². The van der Waals surface area contributed by atoms with Crippen LogP contribution in [0.25, 0.3) is 172 Å². The van der Waals surface area contributed by atoms with E-state index in [1.54, 1.807) is 0 Å². The lowest BCUT2D eigenvalue weighted by molar-refractivity contribution is 0.794. The summed E-state index contributed by atoms with van der Waals surface area (Å²) in [5, 5.41) is 5.39. The molecule has 0 unspecified atom stereocenters.